The molecular formula is C10H5ClN2S. The number of hydrogen-bond acceptors (Lipinski definition) is 3. The lowest BCUT2D eigenvalue weighted by molar-refractivity contribution is 1.33. The van der Waals surface area contributed by atoms with Crippen LogP contribution in [0.2, 0.25) is 5.02 Å². The molecule has 2 heterocycles. The van der Waals surface area contributed by atoms with Crippen LogP contribution in [0.4, 0.5) is 0 Å². The summed E-state index contributed by atoms with van der Waals surface area (Å²) in [6, 6.07) is 7.47. The predicted octanol–water partition coefficient (Wildman–Crippen LogP) is 3.34. The second-order valence-electron chi connectivity index (χ2n) is 2.63. The molecule has 0 N–H and O–H groups in total. The molecule has 0 saturated carbocycles. The lowest BCUT2D eigenvalue weighted by Crippen LogP contribution is -1.82. The summed E-state index contributed by atoms with van der Waals surface area (Å²) in [4.78, 5) is 4.83. The van der Waals surface area contributed by atoms with Gasteiger partial charge >= 0.3 is 0 Å². The van der Waals surface area contributed by atoms with Crippen LogP contribution in [-0.4, -0.2) is 4.98 Å². The van der Waals surface area contributed by atoms with E-state index in [1.54, 1.807) is 18.3 Å². The standard InChI is InChI=1S/C10H5ClN2S/c11-7-1-3-13-9(5-7)8-2-4-14-10(8)6-12/h1-5H. The lowest BCUT2D eigenvalue weighted by atomic mass is 10.2. The number of halogens is 1. The molecule has 0 saturated heterocycles. The molecule has 0 fully saturated rings. The summed E-state index contributed by atoms with van der Waals surface area (Å²) >= 11 is 7.24. The van der Waals surface area contributed by atoms with E-state index in [1.807, 2.05) is 11.4 Å². The highest BCUT2D eigenvalue weighted by molar-refractivity contribution is 7.11. The summed E-state index contributed by atoms with van der Waals surface area (Å²) in [5.74, 6) is 0. The first-order valence-electron chi connectivity index (χ1n) is 3.91. The van der Waals surface area contributed by atoms with Gasteiger partial charge in [0, 0.05) is 16.8 Å². The SMILES string of the molecule is N#Cc1sccc1-c1cc(Cl)ccn1. The molecule has 0 atom stereocenters. The van der Waals surface area contributed by atoms with E-state index in [0.29, 0.717) is 9.90 Å². The van der Waals surface area contributed by atoms with E-state index in [-0.39, 0.29) is 0 Å². The molecule has 0 aromatic carbocycles. The second-order valence-corrected chi connectivity index (χ2v) is 3.99. The van der Waals surface area contributed by atoms with Crippen LogP contribution in [0.5, 0.6) is 0 Å². The Morgan fingerprint density at radius 2 is 2.29 bits per heavy atom. The highest BCUT2D eigenvalue weighted by atomic mass is 35.5. The number of nitriles is 1. The van der Waals surface area contributed by atoms with Gasteiger partial charge in [-0.05, 0) is 23.6 Å². The molecule has 2 nitrogen and oxygen atoms in total. The third-order valence-electron chi connectivity index (χ3n) is 1.76. The molecule has 2 aromatic rings. The molecule has 2 rings (SSSR count). The fourth-order valence-corrected chi connectivity index (χ4v) is 2.00. The topological polar surface area (TPSA) is 36.7 Å². The highest BCUT2D eigenvalue weighted by Crippen LogP contribution is 2.27. The van der Waals surface area contributed by atoms with Crippen LogP contribution in [0, 0.1) is 11.3 Å². The zero-order valence-corrected chi connectivity index (χ0v) is 8.64. The summed E-state index contributed by atoms with van der Waals surface area (Å²) in [6.45, 7) is 0. The van der Waals surface area contributed by atoms with Crippen LogP contribution >= 0.6 is 22.9 Å². The smallest absolute Gasteiger partial charge is 0.114 e. The third kappa shape index (κ3) is 1.63. The maximum absolute atomic E-state index is 8.84. The molecule has 0 aliphatic heterocycles. The molecule has 0 spiro atoms. The fourth-order valence-electron chi connectivity index (χ4n) is 1.15. The van der Waals surface area contributed by atoms with Crippen LogP contribution in [0.25, 0.3) is 11.3 Å². The Balaban J connectivity index is 2.56. The van der Waals surface area contributed by atoms with Crippen molar-refractivity contribution in [2.75, 3.05) is 0 Å². The Hall–Kier alpha value is -1.37. The molecular weight excluding hydrogens is 216 g/mol. The molecule has 0 amide bonds. The zero-order chi connectivity index (χ0) is 9.97. The fraction of sp³-hybridized carbons (Fsp3) is 0. The Bertz CT molecular complexity index is 499. The second kappa shape index (κ2) is 3.79. The first-order valence-corrected chi connectivity index (χ1v) is 5.16. The predicted molar refractivity (Wildman–Crippen MR) is 57.3 cm³/mol. The first-order chi connectivity index (χ1) is 6.81. The number of aromatic nitrogens is 1. The van der Waals surface area contributed by atoms with Gasteiger partial charge in [0.25, 0.3) is 0 Å². The van der Waals surface area contributed by atoms with Gasteiger partial charge in [0.2, 0.25) is 0 Å². The quantitative estimate of drug-likeness (QED) is 0.739. The Labute approximate surface area is 90.4 Å². The van der Waals surface area contributed by atoms with Gasteiger partial charge in [0.1, 0.15) is 10.9 Å². The van der Waals surface area contributed by atoms with E-state index in [0.717, 1.165) is 11.3 Å². The summed E-state index contributed by atoms with van der Waals surface area (Å²) in [7, 11) is 0. The van der Waals surface area contributed by atoms with E-state index in [4.69, 9.17) is 16.9 Å². The molecule has 0 aliphatic rings. The first kappa shape index (κ1) is 9.20. The Kier molecular flexibility index (Phi) is 2.49. The summed E-state index contributed by atoms with van der Waals surface area (Å²) in [5, 5.41) is 11.3. The molecule has 0 radical (unpaired) electrons. The van der Waals surface area contributed by atoms with Crippen molar-refractivity contribution in [1.82, 2.24) is 4.98 Å². The summed E-state index contributed by atoms with van der Waals surface area (Å²) in [6.07, 6.45) is 1.64. The molecule has 68 valence electrons. The van der Waals surface area contributed by atoms with Crippen molar-refractivity contribution in [3.8, 4) is 17.3 Å². The van der Waals surface area contributed by atoms with Gasteiger partial charge in [0.05, 0.1) is 5.69 Å². The van der Waals surface area contributed by atoms with Crippen molar-refractivity contribution in [3.63, 3.8) is 0 Å². The van der Waals surface area contributed by atoms with Crippen molar-refractivity contribution in [2.24, 2.45) is 0 Å². The number of rotatable bonds is 1. The van der Waals surface area contributed by atoms with E-state index in [2.05, 4.69) is 11.1 Å². The van der Waals surface area contributed by atoms with Gasteiger partial charge in [-0.25, -0.2) is 0 Å². The molecule has 14 heavy (non-hydrogen) atoms. The van der Waals surface area contributed by atoms with E-state index in [9.17, 15) is 0 Å². The van der Waals surface area contributed by atoms with E-state index >= 15 is 0 Å². The minimum absolute atomic E-state index is 0.630. The molecule has 0 bridgehead atoms. The minimum atomic E-state index is 0.630. The minimum Gasteiger partial charge on any atom is -0.256 e. The van der Waals surface area contributed by atoms with Crippen LogP contribution in [0.1, 0.15) is 4.88 Å². The van der Waals surface area contributed by atoms with Crippen molar-refractivity contribution in [2.45, 2.75) is 0 Å². The largest absolute Gasteiger partial charge is 0.256 e. The van der Waals surface area contributed by atoms with Gasteiger partial charge < -0.3 is 0 Å². The van der Waals surface area contributed by atoms with Crippen LogP contribution in [-0.2, 0) is 0 Å². The van der Waals surface area contributed by atoms with Gasteiger partial charge in [-0.2, -0.15) is 5.26 Å². The average molecular weight is 221 g/mol. The van der Waals surface area contributed by atoms with E-state index in [1.165, 1.54) is 11.3 Å². The van der Waals surface area contributed by atoms with Gasteiger partial charge in [-0.15, -0.1) is 11.3 Å². The molecule has 0 unspecified atom stereocenters. The van der Waals surface area contributed by atoms with Crippen LogP contribution < -0.4 is 0 Å². The van der Waals surface area contributed by atoms with Gasteiger partial charge in [0.15, 0.2) is 0 Å². The number of thiophene rings is 1. The van der Waals surface area contributed by atoms with Crippen molar-refractivity contribution in [3.05, 3.63) is 39.7 Å². The molecule has 0 aliphatic carbocycles. The van der Waals surface area contributed by atoms with Crippen LogP contribution in [0.3, 0.4) is 0 Å². The highest BCUT2D eigenvalue weighted by Gasteiger charge is 2.07. The van der Waals surface area contributed by atoms with Crippen molar-refractivity contribution >= 4 is 22.9 Å². The maximum atomic E-state index is 8.84. The zero-order valence-electron chi connectivity index (χ0n) is 7.07. The summed E-state index contributed by atoms with van der Waals surface area (Å²) < 4.78 is 0. The van der Waals surface area contributed by atoms with Crippen molar-refractivity contribution < 1.29 is 0 Å². The summed E-state index contributed by atoms with van der Waals surface area (Å²) in [5.41, 5.74) is 1.59. The normalized spacial score (nSPS) is 9.71. The number of nitrogens with zero attached hydrogens (tertiary/aromatic N) is 2. The van der Waals surface area contributed by atoms with E-state index < -0.39 is 0 Å². The maximum Gasteiger partial charge on any atom is 0.114 e. The van der Waals surface area contributed by atoms with Gasteiger partial charge in [-0.3, -0.25) is 4.98 Å². The average Bonchev–Trinajstić information content (AvgIpc) is 2.65. The number of pyridine rings is 1. The molecule has 2 aromatic heterocycles. The lowest BCUT2D eigenvalue weighted by Gasteiger charge is -1.97. The van der Waals surface area contributed by atoms with Gasteiger partial charge in [-0.1, -0.05) is 11.6 Å². The Morgan fingerprint density at radius 1 is 1.43 bits per heavy atom. The third-order valence-corrected chi connectivity index (χ3v) is 2.82. The number of hydrogen-bond donors (Lipinski definition) is 0. The monoisotopic (exact) mass is 220 g/mol. The molecule has 4 heteroatoms. The van der Waals surface area contributed by atoms with Crippen LogP contribution in [0.15, 0.2) is 29.8 Å². The van der Waals surface area contributed by atoms with Crippen molar-refractivity contribution in [1.29, 1.82) is 5.26 Å². The Morgan fingerprint density at radius 3 is 3.00 bits per heavy atom.